The van der Waals surface area contributed by atoms with Gasteiger partial charge in [0.25, 0.3) is 0 Å². The number of primary amides is 1. The van der Waals surface area contributed by atoms with E-state index in [1.54, 1.807) is 0 Å². The van der Waals surface area contributed by atoms with Crippen LogP contribution in [0.1, 0.15) is 18.2 Å². The van der Waals surface area contributed by atoms with Crippen LogP contribution in [0, 0.1) is 0 Å². The SMILES string of the molecule is CC(=O)Nc1nc(CCc2ccc(N=CNC(=O)O)cc2)cs1.NC(=O)O. The van der Waals surface area contributed by atoms with Crippen LogP contribution in [-0.4, -0.2) is 39.6 Å². The van der Waals surface area contributed by atoms with E-state index in [-0.39, 0.29) is 5.91 Å². The first-order valence-electron chi connectivity index (χ1n) is 7.57. The van der Waals surface area contributed by atoms with Crippen LogP contribution >= 0.6 is 11.3 Å². The zero-order chi connectivity index (χ0) is 20.2. The second-order valence-corrected chi connectivity index (χ2v) is 5.90. The topological polar surface area (TPSA) is 167 Å². The minimum atomic E-state index is -1.33. The van der Waals surface area contributed by atoms with E-state index < -0.39 is 12.2 Å². The van der Waals surface area contributed by atoms with E-state index in [1.165, 1.54) is 18.3 Å². The number of nitrogens with one attached hydrogen (secondary N) is 2. The minimum absolute atomic E-state index is 0.126. The number of hydrogen-bond acceptors (Lipinski definition) is 6. The molecule has 2 rings (SSSR count). The summed E-state index contributed by atoms with van der Waals surface area (Å²) in [6.45, 7) is 1.46. The van der Waals surface area contributed by atoms with Crippen molar-refractivity contribution in [3.05, 3.63) is 40.9 Å². The monoisotopic (exact) mass is 393 g/mol. The highest BCUT2D eigenvalue weighted by Crippen LogP contribution is 2.18. The highest BCUT2D eigenvalue weighted by molar-refractivity contribution is 7.13. The number of carbonyl (C=O) groups is 3. The molecule has 0 spiro atoms. The van der Waals surface area contributed by atoms with Gasteiger partial charge in [0.15, 0.2) is 5.13 Å². The Morgan fingerprint density at radius 1 is 1.22 bits per heavy atom. The maximum Gasteiger partial charge on any atom is 0.409 e. The molecule has 0 saturated carbocycles. The maximum atomic E-state index is 11.0. The first kappa shape index (κ1) is 21.6. The first-order valence-corrected chi connectivity index (χ1v) is 8.45. The third-order valence-electron chi connectivity index (χ3n) is 2.84. The van der Waals surface area contributed by atoms with Gasteiger partial charge in [0, 0.05) is 12.3 Å². The number of hydrogen-bond donors (Lipinski definition) is 5. The summed E-state index contributed by atoms with van der Waals surface area (Å²) >= 11 is 1.41. The summed E-state index contributed by atoms with van der Waals surface area (Å²) in [7, 11) is 0. The van der Waals surface area contributed by atoms with E-state index in [4.69, 9.17) is 15.0 Å². The smallest absolute Gasteiger partial charge is 0.409 e. The summed E-state index contributed by atoms with van der Waals surface area (Å²) in [5.74, 6) is -0.126. The fraction of sp³-hybridized carbons (Fsp3) is 0.188. The number of carbonyl (C=O) groups excluding carboxylic acids is 1. The molecular weight excluding hydrogens is 374 g/mol. The van der Waals surface area contributed by atoms with Crippen LogP contribution < -0.4 is 16.4 Å². The summed E-state index contributed by atoms with van der Waals surface area (Å²) in [5.41, 5.74) is 6.76. The lowest BCUT2D eigenvalue weighted by Crippen LogP contribution is -2.17. The number of aryl methyl sites for hydroxylation is 2. The lowest BCUT2D eigenvalue weighted by molar-refractivity contribution is -0.114. The average Bonchev–Trinajstić information content (AvgIpc) is 3.00. The predicted octanol–water partition coefficient (Wildman–Crippen LogP) is 2.44. The Bertz CT molecular complexity index is 800. The third kappa shape index (κ3) is 10.2. The van der Waals surface area contributed by atoms with Crippen LogP contribution in [-0.2, 0) is 17.6 Å². The molecule has 0 aliphatic rings. The molecule has 0 unspecified atom stereocenters. The van der Waals surface area contributed by atoms with Crippen LogP contribution in [0.2, 0.25) is 0 Å². The summed E-state index contributed by atoms with van der Waals surface area (Å²) in [4.78, 5) is 38.3. The Balaban J connectivity index is 0.000000828. The fourth-order valence-electron chi connectivity index (χ4n) is 1.81. The van der Waals surface area contributed by atoms with Gasteiger partial charge in [-0.05, 0) is 30.5 Å². The molecule has 1 heterocycles. The van der Waals surface area contributed by atoms with E-state index in [1.807, 2.05) is 29.6 Å². The van der Waals surface area contributed by atoms with Crippen LogP contribution in [0.4, 0.5) is 20.4 Å². The summed E-state index contributed by atoms with van der Waals surface area (Å²) in [6.07, 6.45) is 0.253. The molecule has 0 radical (unpaired) electrons. The molecule has 2 aromatic rings. The van der Waals surface area contributed by atoms with Crippen molar-refractivity contribution < 1.29 is 24.6 Å². The lowest BCUT2D eigenvalue weighted by Gasteiger charge is -2.00. The summed E-state index contributed by atoms with van der Waals surface area (Å²) in [6, 6.07) is 7.52. The molecule has 0 bridgehead atoms. The lowest BCUT2D eigenvalue weighted by atomic mass is 10.1. The average molecular weight is 393 g/mol. The van der Waals surface area contributed by atoms with Crippen molar-refractivity contribution >= 4 is 46.6 Å². The molecule has 10 nitrogen and oxygen atoms in total. The molecule has 0 aliphatic carbocycles. The highest BCUT2D eigenvalue weighted by Gasteiger charge is 2.04. The van der Waals surface area contributed by atoms with Gasteiger partial charge in [-0.15, -0.1) is 11.3 Å². The molecule has 27 heavy (non-hydrogen) atoms. The third-order valence-corrected chi connectivity index (χ3v) is 3.65. The molecule has 0 saturated heterocycles. The second-order valence-electron chi connectivity index (χ2n) is 5.04. The number of benzene rings is 1. The van der Waals surface area contributed by atoms with Crippen LogP contribution in [0.25, 0.3) is 0 Å². The number of rotatable bonds is 6. The van der Waals surface area contributed by atoms with E-state index >= 15 is 0 Å². The molecule has 0 fully saturated rings. The van der Waals surface area contributed by atoms with Gasteiger partial charge in [-0.3, -0.25) is 10.1 Å². The van der Waals surface area contributed by atoms with E-state index in [9.17, 15) is 9.59 Å². The second kappa shape index (κ2) is 11.2. The normalized spacial score (nSPS) is 9.96. The molecule has 11 heteroatoms. The van der Waals surface area contributed by atoms with Crippen molar-refractivity contribution in [2.45, 2.75) is 19.8 Å². The Morgan fingerprint density at radius 2 is 1.85 bits per heavy atom. The van der Waals surface area contributed by atoms with Crippen molar-refractivity contribution in [2.75, 3.05) is 5.32 Å². The molecule has 6 N–H and O–H groups in total. The largest absolute Gasteiger partial charge is 0.465 e. The number of thiazole rings is 1. The number of carboxylic acid groups (broad SMARTS) is 2. The molecule has 3 amide bonds. The summed E-state index contributed by atoms with van der Waals surface area (Å²) < 4.78 is 0. The summed E-state index contributed by atoms with van der Waals surface area (Å²) in [5, 5.41) is 22.9. The number of nitrogens with zero attached hydrogens (tertiary/aromatic N) is 2. The molecule has 1 aromatic carbocycles. The van der Waals surface area contributed by atoms with Crippen LogP contribution in [0.5, 0.6) is 0 Å². The number of aromatic nitrogens is 1. The predicted molar refractivity (Wildman–Crippen MR) is 102 cm³/mol. The van der Waals surface area contributed by atoms with Crippen molar-refractivity contribution in [3.8, 4) is 0 Å². The number of aliphatic imine (C=N–C) groups is 1. The van der Waals surface area contributed by atoms with Gasteiger partial charge in [0.2, 0.25) is 5.91 Å². The molecular formula is C16H19N5O5S. The van der Waals surface area contributed by atoms with Gasteiger partial charge in [-0.1, -0.05) is 12.1 Å². The van der Waals surface area contributed by atoms with Crippen molar-refractivity contribution in [1.29, 1.82) is 0 Å². The Morgan fingerprint density at radius 3 is 2.41 bits per heavy atom. The minimum Gasteiger partial charge on any atom is -0.465 e. The van der Waals surface area contributed by atoms with Crippen LogP contribution in [0.3, 0.4) is 0 Å². The van der Waals surface area contributed by atoms with Gasteiger partial charge in [0.05, 0.1) is 17.7 Å². The van der Waals surface area contributed by atoms with Crippen molar-refractivity contribution in [2.24, 2.45) is 10.7 Å². The van der Waals surface area contributed by atoms with E-state index in [0.717, 1.165) is 30.4 Å². The molecule has 0 aliphatic heterocycles. The van der Waals surface area contributed by atoms with Gasteiger partial charge in [-0.2, -0.15) is 0 Å². The quantitative estimate of drug-likeness (QED) is 0.373. The van der Waals surface area contributed by atoms with E-state index in [2.05, 4.69) is 26.3 Å². The number of amides is 3. The van der Waals surface area contributed by atoms with Crippen molar-refractivity contribution in [3.63, 3.8) is 0 Å². The number of anilines is 1. The first-order chi connectivity index (χ1) is 12.8. The molecule has 1 aromatic heterocycles. The Kier molecular flexibility index (Phi) is 8.95. The molecule has 0 atom stereocenters. The standard InChI is InChI=1S/C15H16N4O3S.CH3NO2/c1-10(20)18-14-19-13(8-23-14)7-4-11-2-5-12(6-3-11)16-9-17-15(21)22;2-1(3)4/h2-3,5-6,8-9H,4,7H2,1H3,(H,16,17)(H,21,22)(H,18,19,20);2H2,(H,3,4). The maximum absolute atomic E-state index is 11.0. The zero-order valence-electron chi connectivity index (χ0n) is 14.4. The van der Waals surface area contributed by atoms with Gasteiger partial charge >= 0.3 is 12.2 Å². The zero-order valence-corrected chi connectivity index (χ0v) is 15.2. The Labute approximate surface area is 158 Å². The van der Waals surface area contributed by atoms with Gasteiger partial charge in [0.1, 0.15) is 0 Å². The van der Waals surface area contributed by atoms with Gasteiger partial charge < -0.3 is 21.3 Å². The molecule has 144 valence electrons. The van der Waals surface area contributed by atoms with Gasteiger partial charge in [-0.25, -0.2) is 19.6 Å². The van der Waals surface area contributed by atoms with Crippen LogP contribution in [0.15, 0.2) is 34.6 Å². The van der Waals surface area contributed by atoms with Crippen molar-refractivity contribution in [1.82, 2.24) is 10.3 Å². The Hall–Kier alpha value is -3.47. The highest BCUT2D eigenvalue weighted by atomic mass is 32.1. The van der Waals surface area contributed by atoms with E-state index in [0.29, 0.717) is 10.8 Å². The number of nitrogens with two attached hydrogens (primary N) is 1. The fourth-order valence-corrected chi connectivity index (χ4v) is 2.60.